The molecule has 8 nitrogen and oxygen atoms in total. The number of fused-ring (bicyclic) bond motifs is 1. The largest absolute Gasteiger partial charge is 0.476 e. The fourth-order valence-electron chi connectivity index (χ4n) is 1.84. The summed E-state index contributed by atoms with van der Waals surface area (Å²) < 4.78 is 12.0. The molecule has 1 N–H and O–H groups in total. The van der Waals surface area contributed by atoms with Crippen LogP contribution in [0.25, 0.3) is 0 Å². The molecule has 2 aromatic rings. The first kappa shape index (κ1) is 11.7. The van der Waals surface area contributed by atoms with Crippen LogP contribution in [0, 0.1) is 6.92 Å². The van der Waals surface area contributed by atoms with Gasteiger partial charge in [0.1, 0.15) is 12.6 Å². The number of carbonyl (C=O) groups is 1. The van der Waals surface area contributed by atoms with E-state index in [-0.39, 0.29) is 11.9 Å². The van der Waals surface area contributed by atoms with Crippen molar-refractivity contribution in [2.45, 2.75) is 26.4 Å². The predicted molar refractivity (Wildman–Crippen MR) is 62.6 cm³/mol. The number of nitrogens with zero attached hydrogens (tertiary/aromatic N) is 4. The number of hydrogen-bond donors (Lipinski definition) is 1. The average Bonchev–Trinajstić information content (AvgIpc) is 3.02. The maximum Gasteiger partial charge on any atom is 0.272 e. The fraction of sp³-hybridized carbons (Fsp3) is 0.455. The van der Waals surface area contributed by atoms with Crippen molar-refractivity contribution in [1.29, 1.82) is 0 Å². The second-order valence-corrected chi connectivity index (χ2v) is 4.31. The maximum atomic E-state index is 12.0. The summed E-state index contributed by atoms with van der Waals surface area (Å²) >= 11 is 0. The van der Waals surface area contributed by atoms with Crippen molar-refractivity contribution in [2.24, 2.45) is 0 Å². The minimum absolute atomic E-state index is 0.297. The van der Waals surface area contributed by atoms with Crippen molar-refractivity contribution in [1.82, 2.24) is 25.2 Å². The van der Waals surface area contributed by atoms with Gasteiger partial charge in [0.2, 0.25) is 11.8 Å². The topological polar surface area (TPSA) is 95.1 Å². The Labute approximate surface area is 108 Å². The SMILES string of the molecule is Cc1noc(C(C)NC(=O)c2cc3n(n2)CCO3)n1. The standard InChI is InChI=1S/C11H13N5O3/c1-6(11-13-7(2)15-19-11)12-10(17)8-5-9-16(14-8)3-4-18-9/h5-6H,3-4H2,1-2H3,(H,12,17). The molecule has 1 amide bonds. The summed E-state index contributed by atoms with van der Waals surface area (Å²) in [4.78, 5) is 16.1. The lowest BCUT2D eigenvalue weighted by atomic mass is 10.3. The minimum Gasteiger partial charge on any atom is -0.476 e. The van der Waals surface area contributed by atoms with Crippen molar-refractivity contribution in [2.75, 3.05) is 6.61 Å². The molecule has 0 fully saturated rings. The van der Waals surface area contributed by atoms with Gasteiger partial charge in [-0.1, -0.05) is 5.16 Å². The van der Waals surface area contributed by atoms with Gasteiger partial charge in [0.15, 0.2) is 11.5 Å². The van der Waals surface area contributed by atoms with Crippen molar-refractivity contribution < 1.29 is 14.1 Å². The van der Waals surface area contributed by atoms with Gasteiger partial charge >= 0.3 is 0 Å². The molecule has 0 saturated heterocycles. The summed E-state index contributed by atoms with van der Waals surface area (Å²) in [7, 11) is 0. The predicted octanol–water partition coefficient (Wildman–Crippen LogP) is 0.458. The van der Waals surface area contributed by atoms with Gasteiger partial charge in [-0.05, 0) is 13.8 Å². The van der Waals surface area contributed by atoms with Gasteiger partial charge in [0.25, 0.3) is 5.91 Å². The van der Waals surface area contributed by atoms with Crippen molar-refractivity contribution in [3.05, 3.63) is 23.5 Å². The zero-order valence-corrected chi connectivity index (χ0v) is 10.6. The van der Waals surface area contributed by atoms with Gasteiger partial charge in [-0.2, -0.15) is 10.1 Å². The van der Waals surface area contributed by atoms with Crippen LogP contribution in [-0.2, 0) is 6.54 Å². The van der Waals surface area contributed by atoms with E-state index in [2.05, 4.69) is 20.6 Å². The molecule has 3 heterocycles. The molecule has 1 aliphatic heterocycles. The van der Waals surface area contributed by atoms with Gasteiger partial charge < -0.3 is 14.6 Å². The van der Waals surface area contributed by atoms with E-state index >= 15 is 0 Å². The van der Waals surface area contributed by atoms with Crippen LogP contribution in [-0.4, -0.2) is 32.4 Å². The smallest absolute Gasteiger partial charge is 0.272 e. The summed E-state index contributed by atoms with van der Waals surface area (Å²) in [5.41, 5.74) is 0.317. The Morgan fingerprint density at radius 1 is 1.58 bits per heavy atom. The molecule has 8 heteroatoms. The summed E-state index contributed by atoms with van der Waals surface area (Å²) in [6, 6.07) is 1.25. The molecular weight excluding hydrogens is 250 g/mol. The number of rotatable bonds is 3. The number of carbonyl (C=O) groups excluding carboxylic acids is 1. The average molecular weight is 263 g/mol. The third-order valence-corrected chi connectivity index (χ3v) is 2.79. The number of nitrogens with one attached hydrogen (secondary N) is 1. The van der Waals surface area contributed by atoms with Crippen LogP contribution in [0.4, 0.5) is 0 Å². The first-order chi connectivity index (χ1) is 9.13. The number of ether oxygens (including phenoxy) is 1. The van der Waals surface area contributed by atoms with Gasteiger partial charge in [0.05, 0.1) is 6.54 Å². The molecule has 1 unspecified atom stereocenters. The van der Waals surface area contributed by atoms with Crippen LogP contribution >= 0.6 is 0 Å². The summed E-state index contributed by atoms with van der Waals surface area (Å²) in [5, 5.41) is 10.6. The van der Waals surface area contributed by atoms with Crippen molar-refractivity contribution >= 4 is 5.91 Å². The number of hydrogen-bond acceptors (Lipinski definition) is 6. The molecule has 1 aliphatic rings. The fourth-order valence-corrected chi connectivity index (χ4v) is 1.84. The monoisotopic (exact) mass is 263 g/mol. The molecule has 0 aliphatic carbocycles. The van der Waals surface area contributed by atoms with E-state index in [0.717, 1.165) is 0 Å². The molecule has 100 valence electrons. The second-order valence-electron chi connectivity index (χ2n) is 4.31. The second kappa shape index (κ2) is 4.38. The van der Waals surface area contributed by atoms with E-state index in [9.17, 15) is 4.79 Å². The molecule has 0 saturated carbocycles. The number of amides is 1. The van der Waals surface area contributed by atoms with Gasteiger partial charge in [-0.3, -0.25) is 4.79 Å². The number of aromatic nitrogens is 4. The Morgan fingerprint density at radius 2 is 2.42 bits per heavy atom. The molecule has 0 aromatic carbocycles. The molecule has 0 bridgehead atoms. The lowest BCUT2D eigenvalue weighted by Gasteiger charge is -2.07. The molecule has 3 rings (SSSR count). The highest BCUT2D eigenvalue weighted by atomic mass is 16.5. The van der Waals surface area contributed by atoms with Gasteiger partial charge in [0, 0.05) is 6.07 Å². The van der Waals surface area contributed by atoms with Crippen LogP contribution in [0.2, 0.25) is 0 Å². The zero-order chi connectivity index (χ0) is 13.4. The van der Waals surface area contributed by atoms with E-state index in [4.69, 9.17) is 9.26 Å². The van der Waals surface area contributed by atoms with Crippen LogP contribution < -0.4 is 10.1 Å². The third kappa shape index (κ3) is 2.16. The van der Waals surface area contributed by atoms with Crippen molar-refractivity contribution in [3.8, 4) is 5.88 Å². The number of aryl methyl sites for hydroxylation is 1. The van der Waals surface area contributed by atoms with Crippen LogP contribution in [0.15, 0.2) is 10.6 Å². The highest BCUT2D eigenvalue weighted by molar-refractivity contribution is 5.92. The van der Waals surface area contributed by atoms with Crippen molar-refractivity contribution in [3.63, 3.8) is 0 Å². The highest BCUT2D eigenvalue weighted by Gasteiger charge is 2.22. The third-order valence-electron chi connectivity index (χ3n) is 2.79. The van der Waals surface area contributed by atoms with E-state index in [1.807, 2.05) is 0 Å². The highest BCUT2D eigenvalue weighted by Crippen LogP contribution is 2.19. The Hall–Kier alpha value is -2.38. The van der Waals surface area contributed by atoms with Crippen LogP contribution in [0.5, 0.6) is 5.88 Å². The molecule has 19 heavy (non-hydrogen) atoms. The lowest BCUT2D eigenvalue weighted by Crippen LogP contribution is -2.27. The Morgan fingerprint density at radius 3 is 3.11 bits per heavy atom. The Kier molecular flexibility index (Phi) is 2.69. The molecule has 0 spiro atoms. The van der Waals surface area contributed by atoms with E-state index in [1.54, 1.807) is 24.6 Å². The molecule has 0 radical (unpaired) electrons. The first-order valence-electron chi connectivity index (χ1n) is 5.95. The van der Waals surface area contributed by atoms with E-state index < -0.39 is 0 Å². The Balaban J connectivity index is 1.70. The summed E-state index contributed by atoms with van der Waals surface area (Å²) in [6.45, 7) is 4.76. The van der Waals surface area contributed by atoms with Crippen LogP contribution in [0.3, 0.4) is 0 Å². The molecular formula is C11H13N5O3. The van der Waals surface area contributed by atoms with Crippen LogP contribution in [0.1, 0.15) is 35.2 Å². The summed E-state index contributed by atoms with van der Waals surface area (Å²) in [5.74, 6) is 1.22. The lowest BCUT2D eigenvalue weighted by molar-refractivity contribution is 0.0926. The maximum absolute atomic E-state index is 12.0. The van der Waals surface area contributed by atoms with E-state index in [1.165, 1.54) is 0 Å². The molecule has 1 atom stereocenters. The van der Waals surface area contributed by atoms with E-state index in [0.29, 0.717) is 36.4 Å². The Bertz CT molecular complexity index is 596. The quantitative estimate of drug-likeness (QED) is 0.864. The molecule has 2 aromatic heterocycles. The summed E-state index contributed by atoms with van der Waals surface area (Å²) in [6.07, 6.45) is 0. The minimum atomic E-state index is -0.369. The van der Waals surface area contributed by atoms with Gasteiger partial charge in [-0.15, -0.1) is 0 Å². The normalized spacial score (nSPS) is 14.8. The van der Waals surface area contributed by atoms with Gasteiger partial charge in [-0.25, -0.2) is 4.68 Å². The first-order valence-corrected chi connectivity index (χ1v) is 5.95. The zero-order valence-electron chi connectivity index (χ0n) is 10.6.